The quantitative estimate of drug-likeness (QED) is 0.834. The third kappa shape index (κ3) is 2.28. The Labute approximate surface area is 94.9 Å². The van der Waals surface area contributed by atoms with Crippen LogP contribution in [-0.2, 0) is 0 Å². The van der Waals surface area contributed by atoms with E-state index in [1.165, 1.54) is 0 Å². The van der Waals surface area contributed by atoms with Crippen LogP contribution in [0.15, 0.2) is 0 Å². The molecule has 1 aliphatic carbocycles. The maximum absolute atomic E-state index is 12.8. The van der Waals surface area contributed by atoms with Crippen LogP contribution in [0.5, 0.6) is 0 Å². The van der Waals surface area contributed by atoms with E-state index in [1.54, 1.807) is 0 Å². The molecule has 1 aromatic heterocycles. The summed E-state index contributed by atoms with van der Waals surface area (Å²) < 4.78 is 38.4. The van der Waals surface area contributed by atoms with Crippen molar-refractivity contribution < 1.29 is 13.2 Å². The molecule has 1 fully saturated rings. The molecule has 2 unspecified atom stereocenters. The zero-order valence-corrected chi connectivity index (χ0v) is 9.31. The topological polar surface area (TPSA) is 51.8 Å². The molecule has 90 valence electrons. The van der Waals surface area contributed by atoms with Gasteiger partial charge in [-0.25, -0.2) is 0 Å². The second-order valence-electron chi connectivity index (χ2n) is 4.02. The van der Waals surface area contributed by atoms with Gasteiger partial charge in [-0.1, -0.05) is 24.2 Å². The summed E-state index contributed by atoms with van der Waals surface area (Å²) in [5.74, 6) is -1.84. The Balaban J connectivity index is 2.23. The van der Waals surface area contributed by atoms with E-state index < -0.39 is 18.0 Å². The van der Waals surface area contributed by atoms with E-state index in [2.05, 4.69) is 10.2 Å². The van der Waals surface area contributed by atoms with Gasteiger partial charge in [0.15, 0.2) is 0 Å². The minimum atomic E-state index is -4.15. The Bertz CT molecular complexity index is 363. The molecule has 2 rings (SSSR count). The number of anilines is 1. The van der Waals surface area contributed by atoms with Crippen LogP contribution in [0.2, 0.25) is 0 Å². The molecule has 0 saturated heterocycles. The molecular weight excluding hydrogens is 239 g/mol. The zero-order chi connectivity index (χ0) is 11.8. The standard InChI is InChI=1S/C9H12F3N3S/c10-9(11,12)6-4-2-1-3-5(6)7-14-15-8(13)16-7/h5-6H,1-4H2,(H2,13,15). The predicted molar refractivity (Wildman–Crippen MR) is 55.1 cm³/mol. The fourth-order valence-electron chi connectivity index (χ4n) is 2.21. The van der Waals surface area contributed by atoms with Gasteiger partial charge >= 0.3 is 6.18 Å². The van der Waals surface area contributed by atoms with Crippen molar-refractivity contribution in [1.29, 1.82) is 0 Å². The second kappa shape index (κ2) is 4.20. The molecule has 0 amide bonds. The summed E-state index contributed by atoms with van der Waals surface area (Å²) >= 11 is 1.07. The smallest absolute Gasteiger partial charge is 0.374 e. The molecule has 0 aromatic carbocycles. The largest absolute Gasteiger partial charge is 0.392 e. The number of hydrogen-bond donors (Lipinski definition) is 1. The van der Waals surface area contributed by atoms with Gasteiger partial charge in [0.05, 0.1) is 5.92 Å². The van der Waals surface area contributed by atoms with Gasteiger partial charge in [-0.2, -0.15) is 13.2 Å². The van der Waals surface area contributed by atoms with Crippen molar-refractivity contribution in [3.05, 3.63) is 5.01 Å². The number of rotatable bonds is 1. The van der Waals surface area contributed by atoms with E-state index in [4.69, 9.17) is 5.73 Å². The lowest BCUT2D eigenvalue weighted by atomic mass is 9.79. The summed E-state index contributed by atoms with van der Waals surface area (Å²) in [6.07, 6.45) is -1.98. The molecule has 1 aliphatic rings. The molecule has 0 spiro atoms. The summed E-state index contributed by atoms with van der Waals surface area (Å²) in [6, 6.07) is 0. The van der Waals surface area contributed by atoms with Crippen molar-refractivity contribution in [3.8, 4) is 0 Å². The van der Waals surface area contributed by atoms with Crippen molar-refractivity contribution in [2.24, 2.45) is 5.92 Å². The number of nitrogens with two attached hydrogens (primary N) is 1. The highest BCUT2D eigenvalue weighted by Gasteiger charge is 2.47. The van der Waals surface area contributed by atoms with Crippen LogP contribution < -0.4 is 5.73 Å². The first-order chi connectivity index (χ1) is 7.48. The lowest BCUT2D eigenvalue weighted by molar-refractivity contribution is -0.187. The summed E-state index contributed by atoms with van der Waals surface area (Å²) in [7, 11) is 0. The summed E-state index contributed by atoms with van der Waals surface area (Å²) in [5, 5.41) is 8.00. The van der Waals surface area contributed by atoms with Gasteiger partial charge in [-0.15, -0.1) is 10.2 Å². The number of nitrogens with zero attached hydrogens (tertiary/aromatic N) is 2. The molecule has 0 aliphatic heterocycles. The predicted octanol–water partition coefficient (Wildman–Crippen LogP) is 2.96. The van der Waals surface area contributed by atoms with Crippen LogP contribution >= 0.6 is 11.3 Å². The highest BCUT2D eigenvalue weighted by Crippen LogP contribution is 2.47. The Morgan fingerprint density at radius 3 is 2.44 bits per heavy atom. The number of nitrogen functional groups attached to an aromatic ring is 1. The third-order valence-corrected chi connectivity index (χ3v) is 3.84. The van der Waals surface area contributed by atoms with Gasteiger partial charge < -0.3 is 5.73 Å². The van der Waals surface area contributed by atoms with Crippen molar-refractivity contribution >= 4 is 16.5 Å². The van der Waals surface area contributed by atoms with Crippen LogP contribution in [0, 0.1) is 5.92 Å². The average Bonchev–Trinajstić information content (AvgIpc) is 2.64. The van der Waals surface area contributed by atoms with Gasteiger partial charge in [0, 0.05) is 5.92 Å². The van der Waals surface area contributed by atoms with Crippen LogP contribution in [0.25, 0.3) is 0 Å². The minimum Gasteiger partial charge on any atom is -0.374 e. The molecule has 16 heavy (non-hydrogen) atoms. The highest BCUT2D eigenvalue weighted by molar-refractivity contribution is 7.15. The number of alkyl halides is 3. The molecule has 2 atom stereocenters. The molecule has 1 heterocycles. The van der Waals surface area contributed by atoms with E-state index in [1.807, 2.05) is 0 Å². The molecule has 2 N–H and O–H groups in total. The van der Waals surface area contributed by atoms with Crippen LogP contribution in [-0.4, -0.2) is 16.4 Å². The fourth-order valence-corrected chi connectivity index (χ4v) is 3.03. The lowest BCUT2D eigenvalue weighted by Crippen LogP contribution is -2.31. The second-order valence-corrected chi connectivity index (χ2v) is 5.06. The van der Waals surface area contributed by atoms with Crippen molar-refractivity contribution in [1.82, 2.24) is 10.2 Å². The lowest BCUT2D eigenvalue weighted by Gasteiger charge is -2.31. The molecule has 1 saturated carbocycles. The Kier molecular flexibility index (Phi) is 3.05. The highest BCUT2D eigenvalue weighted by atomic mass is 32.1. The van der Waals surface area contributed by atoms with Crippen molar-refractivity contribution in [2.45, 2.75) is 37.8 Å². The average molecular weight is 251 g/mol. The van der Waals surface area contributed by atoms with Crippen LogP contribution in [0.3, 0.4) is 0 Å². The number of aromatic nitrogens is 2. The summed E-state index contributed by atoms with van der Waals surface area (Å²) in [4.78, 5) is 0. The third-order valence-electron chi connectivity index (χ3n) is 2.96. The molecular formula is C9H12F3N3S. The first kappa shape index (κ1) is 11.6. The fraction of sp³-hybridized carbons (Fsp3) is 0.778. The van der Waals surface area contributed by atoms with Gasteiger partial charge in [0.2, 0.25) is 5.13 Å². The van der Waals surface area contributed by atoms with Gasteiger partial charge in [0.1, 0.15) is 5.01 Å². The van der Waals surface area contributed by atoms with Crippen molar-refractivity contribution in [3.63, 3.8) is 0 Å². The molecule has 0 radical (unpaired) electrons. The maximum atomic E-state index is 12.8. The molecule has 7 heteroatoms. The van der Waals surface area contributed by atoms with E-state index in [-0.39, 0.29) is 11.6 Å². The van der Waals surface area contributed by atoms with E-state index >= 15 is 0 Å². The monoisotopic (exact) mass is 251 g/mol. The molecule has 1 aromatic rings. The maximum Gasteiger partial charge on any atom is 0.392 e. The van der Waals surface area contributed by atoms with Crippen LogP contribution in [0.4, 0.5) is 18.3 Å². The first-order valence-electron chi connectivity index (χ1n) is 5.14. The summed E-state index contributed by atoms with van der Waals surface area (Å²) in [5.41, 5.74) is 5.40. The Morgan fingerprint density at radius 2 is 1.88 bits per heavy atom. The number of hydrogen-bond acceptors (Lipinski definition) is 4. The SMILES string of the molecule is Nc1nnc(C2CCCCC2C(F)(F)F)s1. The number of halogens is 3. The van der Waals surface area contributed by atoms with Gasteiger partial charge in [-0.05, 0) is 12.8 Å². The van der Waals surface area contributed by atoms with E-state index in [9.17, 15) is 13.2 Å². The molecule has 0 bridgehead atoms. The minimum absolute atomic E-state index is 0.188. The van der Waals surface area contributed by atoms with E-state index in [0.29, 0.717) is 17.8 Å². The Hall–Kier alpha value is -0.850. The van der Waals surface area contributed by atoms with E-state index in [0.717, 1.165) is 17.8 Å². The van der Waals surface area contributed by atoms with Gasteiger partial charge in [0.25, 0.3) is 0 Å². The first-order valence-corrected chi connectivity index (χ1v) is 5.95. The summed E-state index contributed by atoms with van der Waals surface area (Å²) in [6.45, 7) is 0. The normalized spacial score (nSPS) is 26.9. The zero-order valence-electron chi connectivity index (χ0n) is 8.50. The van der Waals surface area contributed by atoms with Crippen molar-refractivity contribution in [2.75, 3.05) is 5.73 Å². The van der Waals surface area contributed by atoms with Crippen LogP contribution in [0.1, 0.15) is 36.6 Å². The van der Waals surface area contributed by atoms with Gasteiger partial charge in [-0.3, -0.25) is 0 Å². The Morgan fingerprint density at radius 1 is 1.19 bits per heavy atom. The molecule has 3 nitrogen and oxygen atoms in total.